The minimum atomic E-state index is 0.748. The Morgan fingerprint density at radius 1 is 1.24 bits per heavy atom. The molecule has 1 aliphatic carbocycles. The van der Waals surface area contributed by atoms with E-state index in [1.807, 2.05) is 0 Å². The molecule has 2 aliphatic rings. The molecule has 5 unspecified atom stereocenters. The van der Waals surface area contributed by atoms with Crippen LogP contribution in [-0.2, 0) is 0 Å². The van der Waals surface area contributed by atoms with Crippen LogP contribution in [0.25, 0.3) is 0 Å². The molecule has 2 rings (SSSR count). The zero-order valence-corrected chi connectivity index (χ0v) is 12.1. The van der Waals surface area contributed by atoms with Gasteiger partial charge in [-0.1, -0.05) is 20.8 Å². The Balaban J connectivity index is 1.80. The molecule has 1 N–H and O–H groups in total. The third-order valence-electron chi connectivity index (χ3n) is 5.10. The Kier molecular flexibility index (Phi) is 4.48. The Morgan fingerprint density at radius 2 is 1.94 bits per heavy atom. The van der Waals surface area contributed by atoms with Gasteiger partial charge in [0.2, 0.25) is 0 Å². The third-order valence-corrected chi connectivity index (χ3v) is 5.10. The number of nitrogens with one attached hydrogen (secondary N) is 1. The summed E-state index contributed by atoms with van der Waals surface area (Å²) in [5.41, 5.74) is 0. The van der Waals surface area contributed by atoms with E-state index in [0.717, 1.165) is 29.8 Å². The highest BCUT2D eigenvalue weighted by molar-refractivity contribution is 4.92. The van der Waals surface area contributed by atoms with Crippen LogP contribution in [0.4, 0.5) is 0 Å². The molecule has 0 bridgehead atoms. The van der Waals surface area contributed by atoms with E-state index >= 15 is 0 Å². The molecule has 1 saturated heterocycles. The predicted molar refractivity (Wildman–Crippen MR) is 74.2 cm³/mol. The molecule has 2 nitrogen and oxygen atoms in total. The van der Waals surface area contributed by atoms with Gasteiger partial charge in [0.05, 0.1) is 0 Å². The summed E-state index contributed by atoms with van der Waals surface area (Å²) in [5, 5.41) is 3.72. The first-order valence-corrected chi connectivity index (χ1v) is 7.61. The first-order valence-electron chi connectivity index (χ1n) is 7.61. The summed E-state index contributed by atoms with van der Waals surface area (Å²) in [6.07, 6.45) is 4.06. The standard InChI is InChI=1S/C15H30N2/c1-5-7-16-15-6-8-17(13(4)12(15)3)10-14-9-11(14)2/h11-16H,5-10H2,1-4H3. The van der Waals surface area contributed by atoms with Crippen molar-refractivity contribution in [3.63, 3.8) is 0 Å². The fraction of sp³-hybridized carbons (Fsp3) is 1.00. The average molecular weight is 238 g/mol. The van der Waals surface area contributed by atoms with Gasteiger partial charge in [0.1, 0.15) is 0 Å². The largest absolute Gasteiger partial charge is 0.314 e. The van der Waals surface area contributed by atoms with Crippen LogP contribution in [0, 0.1) is 17.8 Å². The molecule has 0 aromatic carbocycles. The maximum Gasteiger partial charge on any atom is 0.0120 e. The Morgan fingerprint density at radius 3 is 2.53 bits per heavy atom. The molecule has 100 valence electrons. The van der Waals surface area contributed by atoms with Gasteiger partial charge in [-0.25, -0.2) is 0 Å². The first-order chi connectivity index (χ1) is 8.13. The highest BCUT2D eigenvalue weighted by atomic mass is 15.2. The number of nitrogens with zero attached hydrogens (tertiary/aromatic N) is 1. The van der Waals surface area contributed by atoms with Crippen molar-refractivity contribution < 1.29 is 0 Å². The van der Waals surface area contributed by atoms with E-state index < -0.39 is 0 Å². The van der Waals surface area contributed by atoms with Crippen molar-refractivity contribution in [2.24, 2.45) is 17.8 Å². The van der Waals surface area contributed by atoms with Crippen LogP contribution >= 0.6 is 0 Å². The lowest BCUT2D eigenvalue weighted by molar-refractivity contribution is 0.0796. The second-order valence-corrected chi connectivity index (χ2v) is 6.42. The molecular weight excluding hydrogens is 208 g/mol. The zero-order valence-electron chi connectivity index (χ0n) is 12.1. The smallest absolute Gasteiger partial charge is 0.0120 e. The van der Waals surface area contributed by atoms with Crippen molar-refractivity contribution in [2.75, 3.05) is 19.6 Å². The highest BCUT2D eigenvalue weighted by Gasteiger charge is 2.38. The normalized spacial score (nSPS) is 42.7. The predicted octanol–water partition coefficient (Wildman–Crippen LogP) is 2.74. The van der Waals surface area contributed by atoms with Gasteiger partial charge < -0.3 is 5.32 Å². The van der Waals surface area contributed by atoms with Crippen LogP contribution < -0.4 is 5.32 Å². The fourth-order valence-corrected chi connectivity index (χ4v) is 3.27. The van der Waals surface area contributed by atoms with E-state index in [2.05, 4.69) is 37.9 Å². The van der Waals surface area contributed by atoms with E-state index in [0.29, 0.717) is 0 Å². The Bertz CT molecular complexity index is 241. The number of piperidine rings is 1. The fourth-order valence-electron chi connectivity index (χ4n) is 3.27. The molecule has 0 amide bonds. The van der Waals surface area contributed by atoms with Gasteiger partial charge in [-0.2, -0.15) is 0 Å². The van der Waals surface area contributed by atoms with Gasteiger partial charge in [0.25, 0.3) is 0 Å². The molecule has 0 aromatic heterocycles. The van der Waals surface area contributed by atoms with Gasteiger partial charge in [-0.15, -0.1) is 0 Å². The lowest BCUT2D eigenvalue weighted by Crippen LogP contribution is -2.53. The zero-order chi connectivity index (χ0) is 12.4. The summed E-state index contributed by atoms with van der Waals surface area (Å²) in [6, 6.07) is 1.50. The summed E-state index contributed by atoms with van der Waals surface area (Å²) in [6.45, 7) is 13.3. The van der Waals surface area contributed by atoms with Crippen molar-refractivity contribution in [3.8, 4) is 0 Å². The molecule has 0 aromatic rings. The van der Waals surface area contributed by atoms with E-state index in [1.54, 1.807) is 0 Å². The monoisotopic (exact) mass is 238 g/mol. The van der Waals surface area contributed by atoms with Crippen LogP contribution in [0.5, 0.6) is 0 Å². The maximum atomic E-state index is 3.72. The highest BCUT2D eigenvalue weighted by Crippen LogP contribution is 2.39. The lowest BCUT2D eigenvalue weighted by atomic mass is 9.86. The van der Waals surface area contributed by atoms with Gasteiger partial charge in [0.15, 0.2) is 0 Å². The molecule has 17 heavy (non-hydrogen) atoms. The SMILES string of the molecule is CCCNC1CCN(CC2CC2C)C(C)C1C. The summed E-state index contributed by atoms with van der Waals surface area (Å²) >= 11 is 0. The number of hydrogen-bond donors (Lipinski definition) is 1. The van der Waals surface area contributed by atoms with Gasteiger partial charge >= 0.3 is 0 Å². The molecule has 0 radical (unpaired) electrons. The minimum Gasteiger partial charge on any atom is -0.314 e. The van der Waals surface area contributed by atoms with Gasteiger partial charge in [-0.3, -0.25) is 4.90 Å². The van der Waals surface area contributed by atoms with E-state index in [1.165, 1.54) is 38.9 Å². The topological polar surface area (TPSA) is 15.3 Å². The third kappa shape index (κ3) is 3.23. The average Bonchev–Trinajstić information content (AvgIpc) is 3.00. The van der Waals surface area contributed by atoms with Crippen LogP contribution in [0.2, 0.25) is 0 Å². The van der Waals surface area contributed by atoms with Crippen molar-refractivity contribution in [1.82, 2.24) is 10.2 Å². The molecule has 5 atom stereocenters. The summed E-state index contributed by atoms with van der Waals surface area (Å²) in [4.78, 5) is 2.74. The quantitative estimate of drug-likeness (QED) is 0.792. The van der Waals surface area contributed by atoms with Gasteiger partial charge in [-0.05, 0) is 57.0 Å². The van der Waals surface area contributed by atoms with Gasteiger partial charge in [0, 0.05) is 18.6 Å². The first kappa shape index (κ1) is 13.4. The number of rotatable bonds is 5. The van der Waals surface area contributed by atoms with Crippen molar-refractivity contribution >= 4 is 0 Å². The summed E-state index contributed by atoms with van der Waals surface area (Å²) < 4.78 is 0. The van der Waals surface area contributed by atoms with E-state index in [4.69, 9.17) is 0 Å². The molecule has 1 aliphatic heterocycles. The van der Waals surface area contributed by atoms with Crippen molar-refractivity contribution in [3.05, 3.63) is 0 Å². The minimum absolute atomic E-state index is 0.748. The number of likely N-dealkylation sites (tertiary alicyclic amines) is 1. The van der Waals surface area contributed by atoms with E-state index in [-0.39, 0.29) is 0 Å². The molecule has 1 heterocycles. The lowest BCUT2D eigenvalue weighted by Gasteiger charge is -2.43. The summed E-state index contributed by atoms with van der Waals surface area (Å²) in [5.74, 6) is 2.79. The second-order valence-electron chi connectivity index (χ2n) is 6.42. The van der Waals surface area contributed by atoms with Crippen LogP contribution in [-0.4, -0.2) is 36.6 Å². The maximum absolute atomic E-state index is 3.72. The summed E-state index contributed by atoms with van der Waals surface area (Å²) in [7, 11) is 0. The molecule has 1 saturated carbocycles. The van der Waals surface area contributed by atoms with Crippen LogP contribution in [0.3, 0.4) is 0 Å². The van der Waals surface area contributed by atoms with Crippen molar-refractivity contribution in [2.45, 2.75) is 59.0 Å². The van der Waals surface area contributed by atoms with Crippen LogP contribution in [0.15, 0.2) is 0 Å². The molecule has 2 fully saturated rings. The molecule has 0 spiro atoms. The van der Waals surface area contributed by atoms with E-state index in [9.17, 15) is 0 Å². The molecule has 2 heteroatoms. The Hall–Kier alpha value is -0.0800. The van der Waals surface area contributed by atoms with Crippen LogP contribution in [0.1, 0.15) is 47.0 Å². The van der Waals surface area contributed by atoms with Crippen molar-refractivity contribution in [1.29, 1.82) is 0 Å². The Labute approximate surface area is 107 Å². The second kappa shape index (κ2) is 5.71. The number of hydrogen-bond acceptors (Lipinski definition) is 2. The molecular formula is C15H30N2.